The zero-order valence-corrected chi connectivity index (χ0v) is 28.1. The van der Waals surface area contributed by atoms with E-state index in [1.54, 1.807) is 0 Å². The van der Waals surface area contributed by atoms with Gasteiger partial charge >= 0.3 is 5.97 Å². The van der Waals surface area contributed by atoms with Crippen molar-refractivity contribution in [2.24, 2.45) is 50.2 Å². The fourth-order valence-electron chi connectivity index (χ4n) is 11.9. The standard InChI is InChI=1S/C36H56O8/c1-31(2)13-14-33(5)15-16-35(7)19(20(33)18-31)17-21(37)28-34(6)11-10-23(32(3,4)22(34)9-12-36(28,35)8)43-30-26(40)24(38)25(39)27(44-30)29(41)42/h17,20,22-28,30,38-40H,9-16,18H2,1-8H3,(H,41,42)/t20-,22?,23+,24+,25+,26-,27+,28-,30?,33-,34+,35-,36-/m1/s1. The summed E-state index contributed by atoms with van der Waals surface area (Å²) in [7, 11) is 0. The Hall–Kier alpha value is -1.32. The number of carbonyl (C=O) groups excluding carboxylic acids is 1. The maximum Gasteiger partial charge on any atom is 0.335 e. The van der Waals surface area contributed by atoms with Gasteiger partial charge in [-0.15, -0.1) is 0 Å². The van der Waals surface area contributed by atoms with E-state index < -0.39 is 42.1 Å². The second kappa shape index (κ2) is 10.1. The van der Waals surface area contributed by atoms with Crippen LogP contribution < -0.4 is 0 Å². The number of hydrogen-bond acceptors (Lipinski definition) is 7. The lowest BCUT2D eigenvalue weighted by atomic mass is 9.33. The quantitative estimate of drug-likeness (QED) is 0.316. The molecular weight excluding hydrogens is 560 g/mol. The van der Waals surface area contributed by atoms with E-state index in [9.17, 15) is 30.0 Å². The number of rotatable bonds is 3. The van der Waals surface area contributed by atoms with E-state index in [0.29, 0.717) is 18.1 Å². The molecule has 1 aliphatic heterocycles. The number of fused-ring (bicyclic) bond motifs is 7. The lowest BCUT2D eigenvalue weighted by molar-refractivity contribution is -0.323. The molecule has 0 amide bonds. The number of ketones is 1. The van der Waals surface area contributed by atoms with E-state index in [4.69, 9.17) is 9.47 Å². The summed E-state index contributed by atoms with van der Waals surface area (Å²) in [5.41, 5.74) is 1.12. The molecule has 4 saturated carbocycles. The smallest absolute Gasteiger partial charge is 0.335 e. The van der Waals surface area contributed by atoms with Crippen molar-refractivity contribution >= 4 is 11.8 Å². The van der Waals surface area contributed by atoms with Gasteiger partial charge in [0.25, 0.3) is 0 Å². The van der Waals surface area contributed by atoms with E-state index in [1.165, 1.54) is 24.8 Å². The van der Waals surface area contributed by atoms with Gasteiger partial charge in [-0.2, -0.15) is 0 Å². The van der Waals surface area contributed by atoms with Gasteiger partial charge in [0.05, 0.1) is 6.10 Å². The van der Waals surface area contributed by atoms with E-state index in [-0.39, 0.29) is 45.0 Å². The maximum absolute atomic E-state index is 14.6. The average Bonchev–Trinajstić information content (AvgIpc) is 2.92. The highest BCUT2D eigenvalue weighted by Crippen LogP contribution is 2.75. The zero-order valence-electron chi connectivity index (χ0n) is 28.1. The molecule has 0 spiro atoms. The monoisotopic (exact) mass is 616 g/mol. The van der Waals surface area contributed by atoms with E-state index in [1.807, 2.05) is 0 Å². The SMILES string of the molecule is CC1(C)CC[C@]2(C)CC[C@]3(C)C(=CC(=O)[C@@H]4[C@@]5(C)CC[C@H](OC6O[C@H](C(=O)O)[C@@H](O)[C@H](O)[C@H]6O)C(C)(C)C5CC[C@]43C)[C@H]2C1. The van der Waals surface area contributed by atoms with Crippen LogP contribution in [0.15, 0.2) is 11.6 Å². The van der Waals surface area contributed by atoms with Gasteiger partial charge in [-0.05, 0) is 108 Å². The van der Waals surface area contributed by atoms with Gasteiger partial charge in [-0.25, -0.2) is 4.79 Å². The van der Waals surface area contributed by atoms with Crippen molar-refractivity contribution < 1.29 is 39.5 Å². The Morgan fingerprint density at radius 2 is 1.52 bits per heavy atom. The minimum Gasteiger partial charge on any atom is -0.479 e. The van der Waals surface area contributed by atoms with Gasteiger partial charge in [-0.3, -0.25) is 4.79 Å². The van der Waals surface area contributed by atoms with Crippen molar-refractivity contribution in [2.75, 3.05) is 0 Å². The molecule has 6 rings (SSSR count). The van der Waals surface area contributed by atoms with Crippen LogP contribution in [-0.4, -0.2) is 69.0 Å². The van der Waals surface area contributed by atoms with Crippen LogP contribution in [0.2, 0.25) is 0 Å². The molecule has 0 aromatic heterocycles. The summed E-state index contributed by atoms with van der Waals surface area (Å²) in [4.78, 5) is 26.3. The number of carbonyl (C=O) groups is 2. The number of aliphatic hydroxyl groups is 3. The molecule has 248 valence electrons. The molecule has 8 heteroatoms. The lowest BCUT2D eigenvalue weighted by Gasteiger charge is -2.70. The van der Waals surface area contributed by atoms with Gasteiger partial charge in [0, 0.05) is 5.92 Å². The highest BCUT2D eigenvalue weighted by atomic mass is 16.7. The predicted octanol–water partition coefficient (Wildman–Crippen LogP) is 5.26. The van der Waals surface area contributed by atoms with Crippen LogP contribution in [0.25, 0.3) is 0 Å². The Balaban J connectivity index is 1.31. The summed E-state index contributed by atoms with van der Waals surface area (Å²) in [6, 6.07) is 0. The van der Waals surface area contributed by atoms with Crippen molar-refractivity contribution in [1.82, 2.24) is 0 Å². The van der Waals surface area contributed by atoms with Crippen LogP contribution in [0.1, 0.15) is 113 Å². The minimum absolute atomic E-state index is 0.0302. The minimum atomic E-state index is -1.75. The first-order chi connectivity index (χ1) is 20.2. The number of ether oxygens (including phenoxy) is 2. The summed E-state index contributed by atoms with van der Waals surface area (Å²) < 4.78 is 11.8. The molecule has 1 heterocycles. The molecule has 0 bridgehead atoms. The third-order valence-electron chi connectivity index (χ3n) is 14.9. The summed E-state index contributed by atoms with van der Waals surface area (Å²) in [6.45, 7) is 18.8. The number of carboxylic acids is 1. The number of aliphatic carboxylic acids is 1. The number of allylic oxidation sites excluding steroid dienone is 2. The van der Waals surface area contributed by atoms with Crippen LogP contribution in [0.4, 0.5) is 0 Å². The van der Waals surface area contributed by atoms with Gasteiger partial charge in [0.1, 0.15) is 18.3 Å². The Kier molecular flexibility index (Phi) is 7.48. The molecule has 5 fully saturated rings. The highest BCUT2D eigenvalue weighted by Gasteiger charge is 2.70. The molecule has 6 aliphatic rings. The topological polar surface area (TPSA) is 134 Å². The Morgan fingerprint density at radius 3 is 2.18 bits per heavy atom. The molecule has 13 atom stereocenters. The number of hydrogen-bond donors (Lipinski definition) is 4. The van der Waals surface area contributed by atoms with Crippen molar-refractivity contribution in [3.8, 4) is 0 Å². The molecule has 8 nitrogen and oxygen atoms in total. The van der Waals surface area contributed by atoms with Crippen LogP contribution in [-0.2, 0) is 19.1 Å². The Morgan fingerprint density at radius 1 is 0.864 bits per heavy atom. The largest absolute Gasteiger partial charge is 0.479 e. The molecule has 1 saturated heterocycles. The fraction of sp³-hybridized carbons (Fsp3) is 0.889. The molecular formula is C36H56O8. The first-order valence-electron chi connectivity index (χ1n) is 17.1. The molecule has 0 aromatic rings. The van der Waals surface area contributed by atoms with Crippen LogP contribution in [0.3, 0.4) is 0 Å². The van der Waals surface area contributed by atoms with E-state index >= 15 is 0 Å². The molecule has 5 aliphatic carbocycles. The zero-order chi connectivity index (χ0) is 32.4. The number of aliphatic hydroxyl groups excluding tert-OH is 3. The van der Waals surface area contributed by atoms with Crippen molar-refractivity contribution in [3.05, 3.63) is 11.6 Å². The second-order valence-corrected chi connectivity index (χ2v) is 18.1. The van der Waals surface area contributed by atoms with E-state index in [2.05, 4.69) is 61.5 Å². The normalized spacial score (nSPS) is 52.9. The van der Waals surface area contributed by atoms with Crippen LogP contribution in [0, 0.1) is 50.2 Å². The summed E-state index contributed by atoms with van der Waals surface area (Å²) in [5.74, 6) is -0.627. The third kappa shape index (κ3) is 4.40. The summed E-state index contributed by atoms with van der Waals surface area (Å²) >= 11 is 0. The van der Waals surface area contributed by atoms with Gasteiger partial charge < -0.3 is 29.9 Å². The van der Waals surface area contributed by atoms with Crippen molar-refractivity contribution in [2.45, 2.75) is 150 Å². The van der Waals surface area contributed by atoms with Gasteiger partial charge in [0.15, 0.2) is 18.2 Å². The third-order valence-corrected chi connectivity index (χ3v) is 14.9. The first-order valence-corrected chi connectivity index (χ1v) is 17.1. The van der Waals surface area contributed by atoms with Crippen LogP contribution in [0.5, 0.6) is 0 Å². The maximum atomic E-state index is 14.6. The van der Waals surface area contributed by atoms with Crippen LogP contribution >= 0.6 is 0 Å². The number of carboxylic acid groups (broad SMARTS) is 1. The highest BCUT2D eigenvalue weighted by molar-refractivity contribution is 5.95. The molecule has 0 radical (unpaired) electrons. The second-order valence-electron chi connectivity index (χ2n) is 18.1. The molecule has 2 unspecified atom stereocenters. The first kappa shape index (κ1) is 32.6. The van der Waals surface area contributed by atoms with Gasteiger partial charge in [0.2, 0.25) is 0 Å². The predicted molar refractivity (Wildman–Crippen MR) is 164 cm³/mol. The molecule has 44 heavy (non-hydrogen) atoms. The van der Waals surface area contributed by atoms with Crippen molar-refractivity contribution in [1.29, 1.82) is 0 Å². The molecule has 0 aromatic carbocycles. The van der Waals surface area contributed by atoms with Gasteiger partial charge in [-0.1, -0.05) is 61.0 Å². The average molecular weight is 617 g/mol. The Labute approximate surface area is 263 Å². The molecule has 4 N–H and O–H groups in total. The summed E-state index contributed by atoms with van der Waals surface area (Å²) in [5, 5.41) is 40.7. The Bertz CT molecular complexity index is 1240. The summed E-state index contributed by atoms with van der Waals surface area (Å²) in [6.07, 6.45) is 2.86. The lowest BCUT2D eigenvalue weighted by Crippen LogP contribution is -2.67. The van der Waals surface area contributed by atoms with Crippen molar-refractivity contribution in [3.63, 3.8) is 0 Å². The van der Waals surface area contributed by atoms with E-state index in [0.717, 1.165) is 32.1 Å². The fourth-order valence-corrected chi connectivity index (χ4v) is 11.9.